The van der Waals surface area contributed by atoms with E-state index in [1.807, 2.05) is 13.8 Å². The van der Waals surface area contributed by atoms with E-state index in [4.69, 9.17) is 9.47 Å². The molecule has 4 nitrogen and oxygen atoms in total. The van der Waals surface area contributed by atoms with Crippen molar-refractivity contribution < 1.29 is 14.3 Å². The van der Waals surface area contributed by atoms with Crippen molar-refractivity contribution in [3.8, 4) is 0 Å². The summed E-state index contributed by atoms with van der Waals surface area (Å²) >= 11 is 0. The summed E-state index contributed by atoms with van der Waals surface area (Å²) in [7, 11) is 0. The molecule has 1 atom stereocenters. The van der Waals surface area contributed by atoms with Crippen molar-refractivity contribution >= 4 is 5.97 Å². The van der Waals surface area contributed by atoms with Crippen LogP contribution >= 0.6 is 0 Å². The molecule has 0 spiro atoms. The molecular weight excluding hydrogens is 266 g/mol. The monoisotopic (exact) mass is 301 g/mol. The van der Waals surface area contributed by atoms with Crippen LogP contribution in [0.4, 0.5) is 0 Å². The zero-order valence-corrected chi connectivity index (χ0v) is 14.9. The minimum atomic E-state index is -0.598. The van der Waals surface area contributed by atoms with Crippen LogP contribution in [0.5, 0.6) is 0 Å². The summed E-state index contributed by atoms with van der Waals surface area (Å²) in [5.74, 6) is -0.159. The fourth-order valence-corrected chi connectivity index (χ4v) is 1.96. The molecule has 1 N–H and O–H groups in total. The molecule has 0 bridgehead atoms. The molecular formula is C17H35NO3. The second-order valence-corrected chi connectivity index (χ2v) is 7.01. The van der Waals surface area contributed by atoms with E-state index in [2.05, 4.69) is 33.0 Å². The van der Waals surface area contributed by atoms with Gasteiger partial charge in [0.15, 0.2) is 0 Å². The quantitative estimate of drug-likeness (QED) is 0.468. The second-order valence-electron chi connectivity index (χ2n) is 7.01. The van der Waals surface area contributed by atoms with Gasteiger partial charge >= 0.3 is 5.97 Å². The van der Waals surface area contributed by atoms with Crippen molar-refractivity contribution in [2.75, 3.05) is 26.4 Å². The van der Waals surface area contributed by atoms with Crippen molar-refractivity contribution in [2.45, 2.75) is 72.8 Å². The van der Waals surface area contributed by atoms with Gasteiger partial charge in [-0.25, -0.2) is 0 Å². The van der Waals surface area contributed by atoms with Crippen molar-refractivity contribution in [3.05, 3.63) is 0 Å². The van der Waals surface area contributed by atoms with E-state index in [1.54, 1.807) is 0 Å². The summed E-state index contributed by atoms with van der Waals surface area (Å²) in [5.41, 5.74) is -0.290. The molecule has 126 valence electrons. The molecule has 0 amide bonds. The molecule has 0 aliphatic heterocycles. The molecule has 0 rings (SSSR count). The number of nitrogens with one attached hydrogen (secondary N) is 1. The highest BCUT2D eigenvalue weighted by Gasteiger charge is 2.33. The molecule has 0 aromatic rings. The molecule has 0 aliphatic rings. The molecule has 1 unspecified atom stereocenters. The highest BCUT2D eigenvalue weighted by molar-refractivity contribution is 5.80. The lowest BCUT2D eigenvalue weighted by atomic mass is 9.93. The first-order valence-electron chi connectivity index (χ1n) is 8.25. The fourth-order valence-electron chi connectivity index (χ4n) is 1.96. The predicted molar refractivity (Wildman–Crippen MR) is 87.5 cm³/mol. The lowest BCUT2D eigenvalue weighted by molar-refractivity contribution is -0.151. The van der Waals surface area contributed by atoms with Gasteiger partial charge in [0, 0.05) is 13.2 Å². The van der Waals surface area contributed by atoms with Crippen LogP contribution in [0.25, 0.3) is 0 Å². The second kappa shape index (κ2) is 10.2. The van der Waals surface area contributed by atoms with E-state index in [0.29, 0.717) is 18.6 Å². The maximum atomic E-state index is 12.1. The Kier molecular flexibility index (Phi) is 9.88. The van der Waals surface area contributed by atoms with Crippen molar-refractivity contribution in [1.29, 1.82) is 0 Å². The van der Waals surface area contributed by atoms with Gasteiger partial charge in [0.05, 0.1) is 6.61 Å². The number of hydrogen-bond donors (Lipinski definition) is 1. The van der Waals surface area contributed by atoms with Gasteiger partial charge in [-0.2, -0.15) is 0 Å². The summed E-state index contributed by atoms with van der Waals surface area (Å²) in [5, 5.41) is 3.32. The van der Waals surface area contributed by atoms with E-state index in [9.17, 15) is 4.79 Å². The summed E-state index contributed by atoms with van der Waals surface area (Å²) in [4.78, 5) is 12.1. The molecule has 0 fully saturated rings. The van der Waals surface area contributed by atoms with Crippen molar-refractivity contribution in [2.24, 2.45) is 5.41 Å². The Labute approximate surface area is 131 Å². The molecule has 4 heteroatoms. The smallest absolute Gasteiger partial charge is 0.326 e. The number of esters is 1. The van der Waals surface area contributed by atoms with Gasteiger partial charge in [0.1, 0.15) is 5.54 Å². The normalized spacial score (nSPS) is 14.8. The van der Waals surface area contributed by atoms with Crippen LogP contribution in [-0.4, -0.2) is 37.9 Å². The maximum Gasteiger partial charge on any atom is 0.326 e. The summed E-state index contributed by atoms with van der Waals surface area (Å²) in [6.45, 7) is 15.2. The Bertz CT molecular complexity index is 286. The Balaban J connectivity index is 4.09. The first-order valence-corrected chi connectivity index (χ1v) is 8.25. The first-order chi connectivity index (χ1) is 9.75. The molecule has 0 aromatic heterocycles. The highest BCUT2D eigenvalue weighted by Crippen LogP contribution is 2.19. The minimum Gasteiger partial charge on any atom is -0.465 e. The van der Waals surface area contributed by atoms with Gasteiger partial charge in [-0.15, -0.1) is 0 Å². The highest BCUT2D eigenvalue weighted by atomic mass is 16.5. The van der Waals surface area contributed by atoms with Gasteiger partial charge < -0.3 is 14.8 Å². The average Bonchev–Trinajstić information content (AvgIpc) is 2.39. The average molecular weight is 301 g/mol. The van der Waals surface area contributed by atoms with Crippen LogP contribution in [0.15, 0.2) is 0 Å². The summed E-state index contributed by atoms with van der Waals surface area (Å²) in [6, 6.07) is 0. The third-order valence-corrected chi connectivity index (χ3v) is 3.45. The Morgan fingerprint density at radius 1 is 1.05 bits per heavy atom. The van der Waals surface area contributed by atoms with Gasteiger partial charge in [-0.1, -0.05) is 27.7 Å². The first kappa shape index (κ1) is 20.4. The van der Waals surface area contributed by atoms with Crippen LogP contribution in [0.3, 0.4) is 0 Å². The Morgan fingerprint density at radius 3 is 2.24 bits per heavy atom. The summed E-state index contributed by atoms with van der Waals surface area (Å²) in [6.07, 6.45) is 3.64. The topological polar surface area (TPSA) is 47.6 Å². The van der Waals surface area contributed by atoms with Gasteiger partial charge in [0.25, 0.3) is 0 Å². The van der Waals surface area contributed by atoms with Crippen LogP contribution in [0.2, 0.25) is 0 Å². The zero-order chi connectivity index (χ0) is 16.4. The number of ether oxygens (including phenoxy) is 2. The molecule has 0 radical (unpaired) electrons. The Hall–Kier alpha value is -0.610. The van der Waals surface area contributed by atoms with E-state index in [-0.39, 0.29) is 5.97 Å². The lowest BCUT2D eigenvalue weighted by Crippen LogP contribution is -2.50. The third kappa shape index (κ3) is 9.86. The number of rotatable bonds is 11. The zero-order valence-electron chi connectivity index (χ0n) is 14.9. The third-order valence-electron chi connectivity index (χ3n) is 3.45. The van der Waals surface area contributed by atoms with E-state index in [0.717, 1.165) is 38.8 Å². The van der Waals surface area contributed by atoms with E-state index >= 15 is 0 Å². The van der Waals surface area contributed by atoms with Crippen LogP contribution in [0, 0.1) is 5.41 Å². The maximum absolute atomic E-state index is 12.1. The number of carbonyl (C=O) groups is 1. The lowest BCUT2D eigenvalue weighted by Gasteiger charge is -2.28. The van der Waals surface area contributed by atoms with Crippen LogP contribution in [-0.2, 0) is 14.3 Å². The predicted octanol–water partition coefficient (Wildman–Crippen LogP) is 3.54. The van der Waals surface area contributed by atoms with Crippen molar-refractivity contribution in [3.63, 3.8) is 0 Å². The minimum absolute atomic E-state index is 0.159. The van der Waals surface area contributed by atoms with E-state index < -0.39 is 5.54 Å². The molecule has 0 aromatic carbocycles. The molecule has 21 heavy (non-hydrogen) atoms. The molecule has 0 saturated carbocycles. The van der Waals surface area contributed by atoms with Crippen molar-refractivity contribution in [1.82, 2.24) is 5.32 Å². The Morgan fingerprint density at radius 2 is 1.71 bits per heavy atom. The van der Waals surface area contributed by atoms with Gasteiger partial charge in [-0.3, -0.25) is 4.79 Å². The number of hydrogen-bond acceptors (Lipinski definition) is 4. The van der Waals surface area contributed by atoms with Gasteiger partial charge in [-0.05, 0) is 51.5 Å². The largest absolute Gasteiger partial charge is 0.465 e. The fraction of sp³-hybridized carbons (Fsp3) is 0.941. The van der Waals surface area contributed by atoms with Crippen LogP contribution < -0.4 is 5.32 Å². The summed E-state index contributed by atoms with van der Waals surface area (Å²) < 4.78 is 10.9. The molecule has 0 saturated heterocycles. The SMILES string of the molecule is CCCNC(C)(CCCOCCC(C)(C)C)C(=O)OCC. The van der Waals surface area contributed by atoms with Gasteiger partial charge in [0.2, 0.25) is 0 Å². The van der Waals surface area contributed by atoms with E-state index in [1.165, 1.54) is 0 Å². The number of carbonyl (C=O) groups excluding carboxylic acids is 1. The molecule has 0 aliphatic carbocycles. The van der Waals surface area contributed by atoms with Crippen LogP contribution in [0.1, 0.15) is 67.2 Å². The molecule has 0 heterocycles. The standard InChI is InChI=1S/C17H35NO3/c1-7-12-18-17(6,15(19)21-8-2)10-9-13-20-14-11-16(3,4)5/h18H,7-14H2,1-6H3.